The smallest absolute Gasteiger partial charge is 0.150 e. The molecule has 1 aliphatic carbocycles. The normalized spacial score (nSPS) is 37.5. The molecule has 1 N–H and O–H groups in total. The van der Waals surface area contributed by atoms with Gasteiger partial charge in [-0.15, -0.1) is 0 Å². The summed E-state index contributed by atoms with van der Waals surface area (Å²) in [6.07, 6.45) is 7.04. The largest absolute Gasteiger partial charge is 0.314 e. The fourth-order valence-corrected chi connectivity index (χ4v) is 6.02. The van der Waals surface area contributed by atoms with Gasteiger partial charge in [0.05, 0.1) is 11.5 Å². The van der Waals surface area contributed by atoms with Crippen molar-refractivity contribution in [2.75, 3.05) is 18.1 Å². The highest BCUT2D eigenvalue weighted by atomic mass is 32.2. The highest BCUT2D eigenvalue weighted by Crippen LogP contribution is 2.37. The van der Waals surface area contributed by atoms with Gasteiger partial charge in [0.15, 0.2) is 9.84 Å². The molecule has 5 atom stereocenters. The molecule has 2 aliphatic rings. The van der Waals surface area contributed by atoms with Crippen molar-refractivity contribution in [2.24, 2.45) is 23.7 Å². The van der Waals surface area contributed by atoms with Gasteiger partial charge in [0.1, 0.15) is 0 Å². The number of hydrogen-bond acceptors (Lipinski definition) is 3. The molecule has 0 amide bonds. The summed E-state index contributed by atoms with van der Waals surface area (Å²) in [6.45, 7) is 8.02. The van der Waals surface area contributed by atoms with E-state index in [1.807, 2.05) is 0 Å². The summed E-state index contributed by atoms with van der Waals surface area (Å²) in [5, 5.41) is 3.73. The molecule has 3 nitrogen and oxygen atoms in total. The molecule has 21 heavy (non-hydrogen) atoms. The third-order valence-corrected chi connectivity index (χ3v) is 7.62. The van der Waals surface area contributed by atoms with E-state index in [0.29, 0.717) is 23.5 Å². The van der Waals surface area contributed by atoms with Crippen LogP contribution in [0.3, 0.4) is 0 Å². The third kappa shape index (κ3) is 4.95. The Labute approximate surface area is 131 Å². The lowest BCUT2D eigenvalue weighted by atomic mass is 9.72. The van der Waals surface area contributed by atoms with Crippen molar-refractivity contribution >= 4 is 9.84 Å². The molecule has 1 aliphatic heterocycles. The lowest BCUT2D eigenvalue weighted by molar-refractivity contribution is 0.158. The van der Waals surface area contributed by atoms with Crippen LogP contribution in [0.1, 0.15) is 59.3 Å². The fraction of sp³-hybridized carbons (Fsp3) is 1.00. The molecule has 2 rings (SSSR count). The Hall–Kier alpha value is -0.0900. The SMILES string of the molecule is CCCNC(CC1CCS(=O)(=O)C1)C1CCC(C)C(C)C1. The zero-order valence-corrected chi connectivity index (χ0v) is 14.8. The van der Waals surface area contributed by atoms with E-state index in [9.17, 15) is 8.42 Å². The Morgan fingerprint density at radius 1 is 1.14 bits per heavy atom. The second-order valence-corrected chi connectivity index (χ2v) is 9.82. The van der Waals surface area contributed by atoms with Crippen LogP contribution in [0.2, 0.25) is 0 Å². The van der Waals surface area contributed by atoms with Gasteiger partial charge < -0.3 is 5.32 Å². The van der Waals surface area contributed by atoms with E-state index >= 15 is 0 Å². The van der Waals surface area contributed by atoms with Crippen molar-refractivity contribution in [2.45, 2.75) is 65.3 Å². The van der Waals surface area contributed by atoms with Gasteiger partial charge in [0.2, 0.25) is 0 Å². The molecular formula is C17H33NO2S. The third-order valence-electron chi connectivity index (χ3n) is 5.78. The molecule has 1 saturated heterocycles. The van der Waals surface area contributed by atoms with Gasteiger partial charge in [-0.1, -0.05) is 27.2 Å². The summed E-state index contributed by atoms with van der Waals surface area (Å²) in [5.74, 6) is 3.62. The Balaban J connectivity index is 1.94. The molecule has 0 bridgehead atoms. The Kier molecular flexibility index (Phi) is 6.13. The minimum atomic E-state index is -2.74. The number of hydrogen-bond donors (Lipinski definition) is 1. The van der Waals surface area contributed by atoms with E-state index in [-0.39, 0.29) is 0 Å². The van der Waals surface area contributed by atoms with E-state index in [1.165, 1.54) is 19.3 Å². The minimum absolute atomic E-state index is 0.388. The molecule has 2 fully saturated rings. The van der Waals surface area contributed by atoms with Crippen LogP contribution in [-0.4, -0.2) is 32.5 Å². The van der Waals surface area contributed by atoms with Crippen LogP contribution in [0.25, 0.3) is 0 Å². The summed E-state index contributed by atoms with van der Waals surface area (Å²) in [4.78, 5) is 0. The molecule has 5 unspecified atom stereocenters. The van der Waals surface area contributed by atoms with E-state index in [0.717, 1.165) is 43.6 Å². The van der Waals surface area contributed by atoms with Gasteiger partial charge in [0, 0.05) is 6.04 Å². The highest BCUT2D eigenvalue weighted by Gasteiger charge is 2.34. The molecule has 124 valence electrons. The first kappa shape index (κ1) is 17.3. The van der Waals surface area contributed by atoms with E-state index < -0.39 is 9.84 Å². The Morgan fingerprint density at radius 3 is 2.48 bits per heavy atom. The van der Waals surface area contributed by atoms with Crippen molar-refractivity contribution in [3.63, 3.8) is 0 Å². The van der Waals surface area contributed by atoms with Crippen LogP contribution in [0.15, 0.2) is 0 Å². The maximum atomic E-state index is 11.7. The van der Waals surface area contributed by atoms with E-state index in [4.69, 9.17) is 0 Å². The maximum Gasteiger partial charge on any atom is 0.150 e. The molecule has 0 aromatic rings. The van der Waals surface area contributed by atoms with Crippen LogP contribution in [0.5, 0.6) is 0 Å². The van der Waals surface area contributed by atoms with Crippen LogP contribution >= 0.6 is 0 Å². The molecule has 4 heteroatoms. The quantitative estimate of drug-likeness (QED) is 0.818. The molecule has 0 aromatic carbocycles. The average Bonchev–Trinajstić information content (AvgIpc) is 2.77. The van der Waals surface area contributed by atoms with Crippen molar-refractivity contribution in [1.29, 1.82) is 0 Å². The topological polar surface area (TPSA) is 46.2 Å². The first-order chi connectivity index (χ1) is 9.91. The van der Waals surface area contributed by atoms with Crippen molar-refractivity contribution < 1.29 is 8.42 Å². The van der Waals surface area contributed by atoms with Crippen molar-refractivity contribution in [1.82, 2.24) is 5.32 Å². The van der Waals surface area contributed by atoms with Gasteiger partial charge in [-0.3, -0.25) is 0 Å². The zero-order valence-electron chi connectivity index (χ0n) is 14.0. The lowest BCUT2D eigenvalue weighted by Crippen LogP contribution is -2.41. The van der Waals surface area contributed by atoms with E-state index in [1.54, 1.807) is 0 Å². The highest BCUT2D eigenvalue weighted by molar-refractivity contribution is 7.91. The van der Waals surface area contributed by atoms with Crippen LogP contribution < -0.4 is 5.32 Å². The van der Waals surface area contributed by atoms with E-state index in [2.05, 4.69) is 26.1 Å². The second kappa shape index (κ2) is 7.45. The summed E-state index contributed by atoms with van der Waals surface area (Å²) in [7, 11) is -2.74. The molecule has 1 saturated carbocycles. The monoisotopic (exact) mass is 315 g/mol. The number of nitrogens with one attached hydrogen (secondary N) is 1. The van der Waals surface area contributed by atoms with Crippen molar-refractivity contribution in [3.8, 4) is 0 Å². The van der Waals surface area contributed by atoms with Crippen LogP contribution in [-0.2, 0) is 9.84 Å². The van der Waals surface area contributed by atoms with Gasteiger partial charge in [-0.2, -0.15) is 0 Å². The second-order valence-electron chi connectivity index (χ2n) is 7.59. The molecular weight excluding hydrogens is 282 g/mol. The zero-order chi connectivity index (χ0) is 15.5. The maximum absolute atomic E-state index is 11.7. The van der Waals surface area contributed by atoms with Crippen molar-refractivity contribution in [3.05, 3.63) is 0 Å². The molecule has 0 spiro atoms. The van der Waals surface area contributed by atoms with Gasteiger partial charge in [0.25, 0.3) is 0 Å². The van der Waals surface area contributed by atoms with Gasteiger partial charge in [-0.25, -0.2) is 8.42 Å². The average molecular weight is 316 g/mol. The standard InChI is InChI=1S/C17H33NO2S/c1-4-8-18-17(11-15-7-9-21(19,20)12-15)16-6-5-13(2)14(3)10-16/h13-18H,4-12H2,1-3H3. The summed E-state index contributed by atoms with van der Waals surface area (Å²) in [5.41, 5.74) is 0. The number of rotatable bonds is 6. The van der Waals surface area contributed by atoms with Gasteiger partial charge >= 0.3 is 0 Å². The summed E-state index contributed by atoms with van der Waals surface area (Å²) >= 11 is 0. The molecule has 0 aromatic heterocycles. The predicted molar refractivity (Wildman–Crippen MR) is 89.1 cm³/mol. The van der Waals surface area contributed by atoms with Crippen LogP contribution in [0, 0.1) is 23.7 Å². The fourth-order valence-electron chi connectivity index (χ4n) is 4.14. The summed E-state index contributed by atoms with van der Waals surface area (Å²) < 4.78 is 23.4. The first-order valence-corrected chi connectivity index (χ1v) is 10.7. The number of sulfone groups is 1. The Morgan fingerprint density at radius 2 is 1.90 bits per heavy atom. The first-order valence-electron chi connectivity index (χ1n) is 8.85. The summed E-state index contributed by atoms with van der Waals surface area (Å²) in [6, 6.07) is 0.526. The Bertz CT molecular complexity index is 421. The minimum Gasteiger partial charge on any atom is -0.314 e. The van der Waals surface area contributed by atoms with Crippen LogP contribution in [0.4, 0.5) is 0 Å². The molecule has 0 radical (unpaired) electrons. The predicted octanol–water partition coefficient (Wildman–Crippen LogP) is 3.25. The molecule has 1 heterocycles. The van der Waals surface area contributed by atoms with Gasteiger partial charge in [-0.05, 0) is 62.3 Å². The lowest BCUT2D eigenvalue weighted by Gasteiger charge is -2.38.